The van der Waals surface area contributed by atoms with Gasteiger partial charge in [0.15, 0.2) is 0 Å². The molecule has 0 bridgehead atoms. The quantitative estimate of drug-likeness (QED) is 0.575. The van der Waals surface area contributed by atoms with Crippen LogP contribution in [0.15, 0.2) is 18.2 Å². The van der Waals surface area contributed by atoms with Gasteiger partial charge < -0.3 is 4.90 Å². The van der Waals surface area contributed by atoms with E-state index in [4.69, 9.17) is 0 Å². The molecular weight excluding hydrogens is 208 g/mol. The summed E-state index contributed by atoms with van der Waals surface area (Å²) in [6, 6.07) is 4.74. The van der Waals surface area contributed by atoms with Crippen molar-refractivity contribution in [1.82, 2.24) is 4.90 Å². The van der Waals surface area contributed by atoms with Gasteiger partial charge in [-0.05, 0) is 18.6 Å². The van der Waals surface area contributed by atoms with Gasteiger partial charge in [-0.15, -0.1) is 0 Å². The maximum atomic E-state index is 11.4. The second-order valence-corrected chi connectivity index (χ2v) is 3.84. The van der Waals surface area contributed by atoms with E-state index in [-0.39, 0.29) is 18.0 Å². The number of nitrogens with zero attached hydrogens (tertiary/aromatic N) is 2. The van der Waals surface area contributed by atoms with E-state index in [1.165, 1.54) is 11.0 Å². The van der Waals surface area contributed by atoms with Gasteiger partial charge in [0, 0.05) is 25.7 Å². The second kappa shape index (κ2) is 4.74. The van der Waals surface area contributed by atoms with Crippen molar-refractivity contribution in [2.24, 2.45) is 0 Å². The normalized spacial score (nSPS) is 9.94. The fraction of sp³-hybridized carbons (Fsp3) is 0.364. The number of carbonyl (C=O) groups is 1. The molecule has 5 nitrogen and oxygen atoms in total. The Morgan fingerprint density at radius 1 is 1.44 bits per heavy atom. The largest absolute Gasteiger partial charge is 0.349 e. The minimum atomic E-state index is -0.424. The van der Waals surface area contributed by atoms with Crippen LogP contribution in [0.3, 0.4) is 0 Å². The number of carbonyl (C=O) groups excluding carboxylic acids is 1. The van der Waals surface area contributed by atoms with Crippen LogP contribution < -0.4 is 0 Å². The van der Waals surface area contributed by atoms with Crippen LogP contribution in [0.1, 0.15) is 11.1 Å². The molecule has 1 rings (SSSR count). The number of rotatable bonds is 3. The predicted molar refractivity (Wildman–Crippen MR) is 60.2 cm³/mol. The summed E-state index contributed by atoms with van der Waals surface area (Å²) in [5, 5.41) is 10.6. The van der Waals surface area contributed by atoms with Crippen molar-refractivity contribution in [2.45, 2.75) is 13.3 Å². The molecule has 0 spiro atoms. The Balaban J connectivity index is 2.90. The summed E-state index contributed by atoms with van der Waals surface area (Å²) in [7, 11) is 3.36. The van der Waals surface area contributed by atoms with Gasteiger partial charge in [0.25, 0.3) is 5.69 Å². The van der Waals surface area contributed by atoms with E-state index < -0.39 is 4.92 Å². The Morgan fingerprint density at radius 3 is 2.50 bits per heavy atom. The first kappa shape index (κ1) is 12.2. The third kappa shape index (κ3) is 2.79. The maximum Gasteiger partial charge on any atom is 0.272 e. The molecule has 0 unspecified atom stereocenters. The third-order valence-corrected chi connectivity index (χ3v) is 2.31. The maximum absolute atomic E-state index is 11.4. The van der Waals surface area contributed by atoms with Crippen molar-refractivity contribution in [1.29, 1.82) is 0 Å². The van der Waals surface area contributed by atoms with E-state index in [1.54, 1.807) is 33.2 Å². The highest BCUT2D eigenvalue weighted by Gasteiger charge is 2.12. The molecule has 1 aromatic carbocycles. The highest BCUT2D eigenvalue weighted by molar-refractivity contribution is 5.78. The number of nitro groups is 1. The van der Waals surface area contributed by atoms with Crippen molar-refractivity contribution in [2.75, 3.05) is 14.1 Å². The summed E-state index contributed by atoms with van der Waals surface area (Å²) in [6.45, 7) is 1.67. The highest BCUT2D eigenvalue weighted by atomic mass is 16.6. The zero-order chi connectivity index (χ0) is 12.3. The molecule has 0 aliphatic heterocycles. The van der Waals surface area contributed by atoms with E-state index in [2.05, 4.69) is 0 Å². The van der Waals surface area contributed by atoms with E-state index in [1.807, 2.05) is 0 Å². The summed E-state index contributed by atoms with van der Waals surface area (Å²) in [5.41, 5.74) is 1.46. The zero-order valence-corrected chi connectivity index (χ0v) is 9.56. The minimum absolute atomic E-state index is 0.0201. The van der Waals surface area contributed by atoms with Gasteiger partial charge in [-0.2, -0.15) is 0 Å². The lowest BCUT2D eigenvalue weighted by atomic mass is 10.1. The molecule has 0 radical (unpaired) electrons. The summed E-state index contributed by atoms with van der Waals surface area (Å²) < 4.78 is 0. The molecule has 0 fully saturated rings. The number of hydrogen-bond acceptors (Lipinski definition) is 3. The predicted octanol–water partition coefficient (Wildman–Crippen LogP) is 1.53. The highest BCUT2D eigenvalue weighted by Crippen LogP contribution is 2.19. The van der Waals surface area contributed by atoms with E-state index in [9.17, 15) is 14.9 Å². The van der Waals surface area contributed by atoms with Crippen molar-refractivity contribution in [3.8, 4) is 0 Å². The van der Waals surface area contributed by atoms with Crippen molar-refractivity contribution >= 4 is 11.6 Å². The fourth-order valence-electron chi connectivity index (χ4n) is 1.37. The number of likely N-dealkylation sites (N-methyl/N-ethyl adjacent to an activating group) is 1. The van der Waals surface area contributed by atoms with Crippen LogP contribution in [0, 0.1) is 17.0 Å². The summed E-state index contributed by atoms with van der Waals surface area (Å²) >= 11 is 0. The number of nitro benzene ring substituents is 1. The van der Waals surface area contributed by atoms with E-state index in [0.29, 0.717) is 5.56 Å². The first-order valence-electron chi connectivity index (χ1n) is 4.86. The van der Waals surface area contributed by atoms with Crippen LogP contribution in [-0.2, 0) is 11.2 Å². The molecule has 1 aromatic rings. The number of benzene rings is 1. The number of hydrogen-bond donors (Lipinski definition) is 0. The van der Waals surface area contributed by atoms with Crippen LogP contribution in [0.4, 0.5) is 5.69 Å². The first-order valence-corrected chi connectivity index (χ1v) is 4.86. The average Bonchev–Trinajstić information content (AvgIpc) is 2.16. The lowest BCUT2D eigenvalue weighted by Gasteiger charge is -2.10. The average molecular weight is 222 g/mol. The molecule has 0 aliphatic carbocycles. The monoisotopic (exact) mass is 222 g/mol. The smallest absolute Gasteiger partial charge is 0.272 e. The lowest BCUT2D eigenvalue weighted by Crippen LogP contribution is -2.23. The van der Waals surface area contributed by atoms with Crippen LogP contribution in [0.25, 0.3) is 0 Å². The van der Waals surface area contributed by atoms with Crippen LogP contribution in [-0.4, -0.2) is 29.8 Å². The Hall–Kier alpha value is -1.91. The fourth-order valence-corrected chi connectivity index (χ4v) is 1.37. The Morgan fingerprint density at radius 2 is 2.06 bits per heavy atom. The third-order valence-electron chi connectivity index (χ3n) is 2.31. The van der Waals surface area contributed by atoms with Crippen molar-refractivity contribution < 1.29 is 9.72 Å². The van der Waals surface area contributed by atoms with Crippen LogP contribution in [0.2, 0.25) is 0 Å². The van der Waals surface area contributed by atoms with Crippen LogP contribution in [0.5, 0.6) is 0 Å². The molecule has 1 amide bonds. The van der Waals surface area contributed by atoms with Gasteiger partial charge in [0.1, 0.15) is 0 Å². The van der Waals surface area contributed by atoms with Gasteiger partial charge in [-0.1, -0.05) is 6.07 Å². The molecule has 0 N–H and O–H groups in total. The van der Waals surface area contributed by atoms with Gasteiger partial charge in [-0.3, -0.25) is 14.9 Å². The summed E-state index contributed by atoms with van der Waals surface area (Å²) in [4.78, 5) is 23.1. The second-order valence-electron chi connectivity index (χ2n) is 3.84. The Labute approximate surface area is 93.8 Å². The van der Waals surface area contributed by atoms with Gasteiger partial charge in [-0.25, -0.2) is 0 Å². The van der Waals surface area contributed by atoms with E-state index >= 15 is 0 Å². The first-order chi connectivity index (χ1) is 7.41. The Bertz CT molecular complexity index is 427. The lowest BCUT2D eigenvalue weighted by molar-refractivity contribution is -0.385. The molecule has 86 valence electrons. The van der Waals surface area contributed by atoms with Gasteiger partial charge >= 0.3 is 0 Å². The van der Waals surface area contributed by atoms with Crippen LogP contribution >= 0.6 is 0 Å². The molecule has 0 aliphatic rings. The number of aryl methyl sites for hydroxylation is 1. The topological polar surface area (TPSA) is 63.5 Å². The van der Waals surface area contributed by atoms with Gasteiger partial charge in [0.05, 0.1) is 11.3 Å². The van der Waals surface area contributed by atoms with Crippen molar-refractivity contribution in [3.63, 3.8) is 0 Å². The molecular formula is C11H14N2O3. The van der Waals surface area contributed by atoms with Gasteiger partial charge in [0.2, 0.25) is 5.91 Å². The standard InChI is InChI=1S/C11H14N2O3/c1-8-6-9(7-11(14)12(2)3)4-5-10(8)13(15)16/h4-6H,7H2,1-3H3. The molecule has 0 aromatic heterocycles. The van der Waals surface area contributed by atoms with E-state index in [0.717, 1.165) is 5.56 Å². The SMILES string of the molecule is Cc1cc(CC(=O)N(C)C)ccc1[N+](=O)[O-]. The summed E-state index contributed by atoms with van der Waals surface area (Å²) in [6.07, 6.45) is 0.270. The molecule has 0 saturated carbocycles. The molecule has 0 heterocycles. The number of amides is 1. The Kier molecular flexibility index (Phi) is 3.60. The molecule has 0 atom stereocenters. The molecule has 0 saturated heterocycles. The minimum Gasteiger partial charge on any atom is -0.349 e. The van der Waals surface area contributed by atoms with Crippen molar-refractivity contribution in [3.05, 3.63) is 39.4 Å². The molecule has 16 heavy (non-hydrogen) atoms. The molecule has 5 heteroatoms. The zero-order valence-electron chi connectivity index (χ0n) is 9.56. The summed E-state index contributed by atoms with van der Waals surface area (Å²) in [5.74, 6) is -0.0201.